The van der Waals surface area contributed by atoms with Crippen molar-refractivity contribution >= 4 is 40.7 Å². The van der Waals surface area contributed by atoms with E-state index in [1.165, 1.54) is 7.11 Å². The molecule has 42 heavy (non-hydrogen) atoms. The Bertz CT molecular complexity index is 1830. The van der Waals surface area contributed by atoms with Crippen LogP contribution in [0.5, 0.6) is 5.75 Å². The second-order valence-corrected chi connectivity index (χ2v) is 11.3. The molecule has 214 valence electrons. The summed E-state index contributed by atoms with van der Waals surface area (Å²) in [4.78, 5) is 47.8. The molecule has 2 aliphatic heterocycles. The van der Waals surface area contributed by atoms with Gasteiger partial charge in [0.05, 0.1) is 18.4 Å². The Morgan fingerprint density at radius 3 is 2.52 bits per heavy atom. The molecule has 1 aromatic heterocycles. The Morgan fingerprint density at radius 1 is 1.07 bits per heavy atom. The highest BCUT2D eigenvalue weighted by Gasteiger charge is 2.64. The zero-order chi connectivity index (χ0) is 30.1. The number of aryl methyl sites for hydroxylation is 2. The number of nitrogens with one attached hydrogen (secondary N) is 2. The summed E-state index contributed by atoms with van der Waals surface area (Å²) in [5.41, 5.74) is 3.67. The van der Waals surface area contributed by atoms with E-state index < -0.39 is 11.4 Å². The second-order valence-electron chi connectivity index (χ2n) is 10.9. The Balaban J connectivity index is 1.70. The summed E-state index contributed by atoms with van der Waals surface area (Å²) >= 11 is 6.35. The van der Waals surface area contributed by atoms with Crippen molar-refractivity contribution in [2.75, 3.05) is 24.4 Å². The zero-order valence-corrected chi connectivity index (χ0v) is 24.9. The van der Waals surface area contributed by atoms with Gasteiger partial charge in [-0.15, -0.1) is 0 Å². The van der Waals surface area contributed by atoms with E-state index in [2.05, 4.69) is 10.6 Å². The quantitative estimate of drug-likeness (QED) is 0.317. The van der Waals surface area contributed by atoms with Crippen LogP contribution in [0.2, 0.25) is 5.02 Å². The summed E-state index contributed by atoms with van der Waals surface area (Å²) in [6, 6.07) is 15.9. The van der Waals surface area contributed by atoms with Gasteiger partial charge in [-0.2, -0.15) is 0 Å². The van der Waals surface area contributed by atoms with E-state index in [4.69, 9.17) is 21.3 Å². The van der Waals surface area contributed by atoms with Gasteiger partial charge in [0.2, 0.25) is 0 Å². The number of ether oxygens (including phenoxy) is 1. The van der Waals surface area contributed by atoms with Gasteiger partial charge in [0, 0.05) is 40.6 Å². The summed E-state index contributed by atoms with van der Waals surface area (Å²) in [7, 11) is 3.07. The number of hydrogen-bond acceptors (Lipinski definition) is 5. The van der Waals surface area contributed by atoms with Crippen molar-refractivity contribution < 1.29 is 19.1 Å². The molecule has 2 N–H and O–H groups in total. The van der Waals surface area contributed by atoms with Gasteiger partial charge in [0.1, 0.15) is 11.6 Å². The average molecular weight is 584 g/mol. The molecule has 0 radical (unpaired) electrons. The third-order valence-electron chi connectivity index (χ3n) is 8.00. The van der Waals surface area contributed by atoms with E-state index >= 15 is 0 Å². The normalized spacial score (nSPS) is 17.1. The number of rotatable bonds is 5. The second kappa shape index (κ2) is 9.73. The first kappa shape index (κ1) is 27.5. The van der Waals surface area contributed by atoms with Crippen LogP contribution in [0.1, 0.15) is 63.1 Å². The average Bonchev–Trinajstić information content (AvgIpc) is 3.57. The first-order chi connectivity index (χ1) is 20.0. The van der Waals surface area contributed by atoms with Crippen LogP contribution in [0.4, 0.5) is 11.4 Å². The minimum Gasteiger partial charge on any atom is -0.496 e. The number of nitrogens with zero attached hydrogens (tertiary/aromatic N) is 3. The number of hydrogen-bond donors (Lipinski definition) is 2. The zero-order valence-electron chi connectivity index (χ0n) is 24.1. The lowest BCUT2D eigenvalue weighted by atomic mass is 9.86. The van der Waals surface area contributed by atoms with E-state index in [-0.39, 0.29) is 23.6 Å². The fraction of sp³-hybridized carbons (Fsp3) is 0.250. The maximum atomic E-state index is 14.6. The molecular formula is C32H30ClN5O4. The number of imidazole rings is 1. The molecule has 4 aromatic rings. The third kappa shape index (κ3) is 3.69. The lowest BCUT2D eigenvalue weighted by molar-refractivity contribution is -0.119. The van der Waals surface area contributed by atoms with Crippen molar-refractivity contribution in [3.8, 4) is 17.1 Å². The number of fused-ring (bicyclic) bond motifs is 4. The van der Waals surface area contributed by atoms with E-state index in [1.807, 2.05) is 50.5 Å². The lowest BCUT2D eigenvalue weighted by Crippen LogP contribution is -2.51. The first-order valence-electron chi connectivity index (χ1n) is 13.6. The predicted octanol–water partition coefficient (Wildman–Crippen LogP) is 5.63. The Labute approximate surface area is 248 Å². The van der Waals surface area contributed by atoms with Gasteiger partial charge in [0.15, 0.2) is 11.2 Å². The fourth-order valence-corrected chi connectivity index (χ4v) is 6.30. The molecule has 0 aliphatic carbocycles. The molecule has 9 nitrogen and oxygen atoms in total. The number of carbonyl (C=O) groups excluding carboxylic acids is 3. The molecule has 1 atom stereocenters. The van der Waals surface area contributed by atoms with Crippen LogP contribution in [0.25, 0.3) is 11.4 Å². The molecule has 3 aromatic carbocycles. The van der Waals surface area contributed by atoms with E-state index in [1.54, 1.807) is 48.3 Å². The van der Waals surface area contributed by atoms with Crippen LogP contribution in [-0.2, 0) is 10.3 Å². The van der Waals surface area contributed by atoms with Crippen LogP contribution in [0.3, 0.4) is 0 Å². The minimum atomic E-state index is -1.55. The van der Waals surface area contributed by atoms with Crippen LogP contribution in [0.15, 0.2) is 54.6 Å². The highest BCUT2D eigenvalue weighted by atomic mass is 35.5. The molecule has 10 heteroatoms. The van der Waals surface area contributed by atoms with Crippen molar-refractivity contribution in [3.05, 3.63) is 93.3 Å². The summed E-state index contributed by atoms with van der Waals surface area (Å²) < 4.78 is 7.63. The van der Waals surface area contributed by atoms with Gasteiger partial charge < -0.3 is 19.9 Å². The maximum Gasteiger partial charge on any atom is 0.280 e. The molecular weight excluding hydrogens is 554 g/mol. The van der Waals surface area contributed by atoms with Crippen molar-refractivity contribution in [2.24, 2.45) is 0 Å². The van der Waals surface area contributed by atoms with Crippen molar-refractivity contribution in [2.45, 2.75) is 39.3 Å². The minimum absolute atomic E-state index is 0.176. The molecule has 6 rings (SSSR count). The number of benzene rings is 3. The monoisotopic (exact) mass is 583 g/mol. The molecule has 3 heterocycles. The topological polar surface area (TPSA) is 106 Å². The molecule has 3 amide bonds. The van der Waals surface area contributed by atoms with Crippen molar-refractivity contribution in [3.63, 3.8) is 0 Å². The van der Waals surface area contributed by atoms with Gasteiger partial charge in [-0.3, -0.25) is 19.3 Å². The molecule has 0 saturated carbocycles. The van der Waals surface area contributed by atoms with Crippen LogP contribution < -0.4 is 20.3 Å². The Morgan fingerprint density at radius 2 is 1.83 bits per heavy atom. The van der Waals surface area contributed by atoms with E-state index in [0.717, 1.165) is 11.1 Å². The smallest absolute Gasteiger partial charge is 0.280 e. The number of carbonyl (C=O) groups is 3. The standard InChI is InChI=1S/C32H30ClN5O4/c1-16(2)37-27-26(36-28(37)21-11-9-19(29(39)34-5)14-25(21)42-6)30(40)38(24-13-17(3)7-8-18(24)4)32(27)22-12-10-20(33)15-23(22)35-31(32)41/h7-16H,1-6H3,(H,34,39)(H,35,41). The largest absolute Gasteiger partial charge is 0.496 e. The molecule has 0 saturated heterocycles. The highest BCUT2D eigenvalue weighted by molar-refractivity contribution is 6.31. The third-order valence-corrected chi connectivity index (χ3v) is 8.23. The summed E-state index contributed by atoms with van der Waals surface area (Å²) in [6.45, 7) is 7.82. The van der Waals surface area contributed by atoms with E-state index in [9.17, 15) is 14.4 Å². The summed E-state index contributed by atoms with van der Waals surface area (Å²) in [5.74, 6) is -0.150. The maximum absolute atomic E-state index is 14.6. The number of methoxy groups -OCH3 is 1. The van der Waals surface area contributed by atoms with Gasteiger partial charge in [-0.05, 0) is 75.2 Å². The first-order valence-corrected chi connectivity index (χ1v) is 14.0. The SMILES string of the molecule is CNC(=O)c1ccc(-c2nc3c(n2C(C)C)C2(C(=O)Nc4cc(Cl)ccc42)N(c2cc(C)ccc2C)C3=O)c(OC)c1. The van der Waals surface area contributed by atoms with Crippen LogP contribution in [0, 0.1) is 13.8 Å². The van der Waals surface area contributed by atoms with Gasteiger partial charge >= 0.3 is 0 Å². The van der Waals surface area contributed by atoms with Crippen molar-refractivity contribution in [1.29, 1.82) is 0 Å². The molecule has 2 aliphatic rings. The Hall–Kier alpha value is -4.63. The fourth-order valence-electron chi connectivity index (χ4n) is 6.12. The van der Waals surface area contributed by atoms with Gasteiger partial charge in [-0.1, -0.05) is 29.8 Å². The van der Waals surface area contributed by atoms with Crippen LogP contribution in [-0.4, -0.2) is 41.4 Å². The predicted molar refractivity (Wildman–Crippen MR) is 162 cm³/mol. The molecule has 0 fully saturated rings. The number of aromatic nitrogens is 2. The Kier molecular flexibility index (Phi) is 6.38. The van der Waals surface area contributed by atoms with Crippen molar-refractivity contribution in [1.82, 2.24) is 14.9 Å². The lowest BCUT2D eigenvalue weighted by Gasteiger charge is -2.36. The number of anilines is 2. The summed E-state index contributed by atoms with van der Waals surface area (Å²) in [6.07, 6.45) is 0. The molecule has 0 bridgehead atoms. The number of amides is 3. The highest BCUT2D eigenvalue weighted by Crippen LogP contribution is 2.55. The summed E-state index contributed by atoms with van der Waals surface area (Å²) in [5, 5.41) is 6.09. The molecule has 1 spiro atoms. The van der Waals surface area contributed by atoms with Gasteiger partial charge in [0.25, 0.3) is 17.7 Å². The van der Waals surface area contributed by atoms with Crippen LogP contribution >= 0.6 is 11.6 Å². The van der Waals surface area contributed by atoms with E-state index in [0.29, 0.717) is 50.4 Å². The molecule has 1 unspecified atom stereocenters. The number of halogens is 1. The van der Waals surface area contributed by atoms with Gasteiger partial charge in [-0.25, -0.2) is 4.98 Å².